The number of anilines is 3. The standard InChI is InChI=1S/C9H17N4O4P.C8H13N4O4P.C7H13N4O6P/c1-18(2,16)6-17-7(4-14)3-13-5-11-8(10)12-9(13)15;1-17(14)5-15-6(3-16-17)2-12-4-10-7(9)11-8(12)13;8-6-9-3-11(7(13)10-6)1-5(2-12)17-4-18(14,15)16/h5,7,14H,3-4,6H2,1-2H3,(H2,10,12,15);4,6H,2-3,5H2,1H3,(H2,9,11,13);3,5,12H,1-2,4H2,(H2,8,10,13)(H2,14,15,16)/t7-;6-,17?;5-/m000/s1. The molecular weight excluding hydrogens is 773 g/mol. The minimum atomic E-state index is -4.33. The fraction of sp³-hybridized carbons (Fsp3) is 0.625. The molecule has 1 aliphatic heterocycles. The summed E-state index contributed by atoms with van der Waals surface area (Å²) in [5.74, 6) is -0.359. The van der Waals surface area contributed by atoms with Crippen LogP contribution >= 0.6 is 22.1 Å². The Morgan fingerprint density at radius 1 is 0.830 bits per heavy atom. The van der Waals surface area contributed by atoms with Gasteiger partial charge in [-0.2, -0.15) is 15.0 Å². The van der Waals surface area contributed by atoms with Gasteiger partial charge < -0.3 is 60.5 Å². The van der Waals surface area contributed by atoms with E-state index in [-0.39, 0.29) is 69.5 Å². The molecule has 3 aromatic heterocycles. The number of ether oxygens (including phenoxy) is 3. The van der Waals surface area contributed by atoms with Gasteiger partial charge in [-0.05, 0) is 13.3 Å². The lowest BCUT2D eigenvalue weighted by atomic mass is 10.4. The molecule has 0 amide bonds. The van der Waals surface area contributed by atoms with Crippen LogP contribution in [0.2, 0.25) is 0 Å². The van der Waals surface area contributed by atoms with E-state index < -0.39 is 64.3 Å². The second kappa shape index (κ2) is 20.6. The van der Waals surface area contributed by atoms with E-state index in [1.165, 1.54) is 28.5 Å². The highest BCUT2D eigenvalue weighted by Gasteiger charge is 2.27. The summed E-state index contributed by atoms with van der Waals surface area (Å²) in [7, 11) is -9.27. The Kier molecular flexibility index (Phi) is 17.6. The second-order valence-electron chi connectivity index (χ2n) is 11.6. The van der Waals surface area contributed by atoms with Crippen LogP contribution < -0.4 is 34.3 Å². The first-order valence-electron chi connectivity index (χ1n) is 15.0. The molecule has 1 unspecified atom stereocenters. The van der Waals surface area contributed by atoms with Crippen molar-refractivity contribution in [1.82, 2.24) is 43.6 Å². The molecule has 1 saturated heterocycles. The first-order valence-corrected chi connectivity index (χ1v) is 21.9. The normalized spacial score (nSPS) is 18.5. The van der Waals surface area contributed by atoms with Crippen molar-refractivity contribution < 1.29 is 52.4 Å². The summed E-state index contributed by atoms with van der Waals surface area (Å²) in [5.41, 5.74) is 14.0. The molecule has 53 heavy (non-hydrogen) atoms. The summed E-state index contributed by atoms with van der Waals surface area (Å²) in [6.45, 7) is 4.24. The summed E-state index contributed by atoms with van der Waals surface area (Å²) in [6.07, 6.45) is 0.970. The molecule has 1 fully saturated rings. The zero-order valence-corrected chi connectivity index (χ0v) is 31.5. The third-order valence-corrected chi connectivity index (χ3v) is 8.71. The van der Waals surface area contributed by atoms with Gasteiger partial charge in [0.15, 0.2) is 0 Å². The maximum Gasteiger partial charge on any atom is 0.352 e. The highest BCUT2D eigenvalue weighted by molar-refractivity contribution is 7.62. The lowest BCUT2D eigenvalue weighted by molar-refractivity contribution is 0.00363. The van der Waals surface area contributed by atoms with Crippen LogP contribution in [-0.4, -0.2) is 141 Å². The summed E-state index contributed by atoms with van der Waals surface area (Å²) in [6, 6.07) is 0. The topological polar surface area (TPSA) is 390 Å². The van der Waals surface area contributed by atoms with E-state index in [0.29, 0.717) is 0 Å². The van der Waals surface area contributed by atoms with Gasteiger partial charge in [0, 0.05) is 6.66 Å². The van der Waals surface area contributed by atoms with Crippen molar-refractivity contribution in [1.29, 1.82) is 0 Å². The average Bonchev–Trinajstić information content (AvgIpc) is 3.05. The van der Waals surface area contributed by atoms with Gasteiger partial charge in [0.2, 0.25) is 25.2 Å². The van der Waals surface area contributed by atoms with E-state index in [1.807, 2.05) is 0 Å². The van der Waals surface area contributed by atoms with Crippen molar-refractivity contribution >= 4 is 40.0 Å². The third-order valence-electron chi connectivity index (χ3n) is 6.14. The summed E-state index contributed by atoms with van der Waals surface area (Å²) in [5, 5.41) is 18.1. The van der Waals surface area contributed by atoms with Crippen molar-refractivity contribution in [3.63, 3.8) is 0 Å². The maximum atomic E-state index is 11.5. The fourth-order valence-corrected chi connectivity index (χ4v) is 5.64. The zero-order chi connectivity index (χ0) is 40.0. The van der Waals surface area contributed by atoms with Gasteiger partial charge in [0.05, 0.1) is 58.0 Å². The number of rotatable bonds is 14. The van der Waals surface area contributed by atoms with E-state index in [0.717, 1.165) is 10.9 Å². The predicted octanol–water partition coefficient (Wildman–Crippen LogP) is -3.59. The lowest BCUT2D eigenvalue weighted by Crippen LogP contribution is -2.35. The van der Waals surface area contributed by atoms with Crippen LogP contribution in [0, 0.1) is 0 Å². The van der Waals surface area contributed by atoms with Crippen LogP contribution in [-0.2, 0) is 52.1 Å². The fourth-order valence-electron chi connectivity index (χ4n) is 3.63. The Morgan fingerprint density at radius 3 is 1.58 bits per heavy atom. The number of hydrogen-bond acceptors (Lipinski definition) is 21. The molecular formula is C24H43N12O14P3. The predicted molar refractivity (Wildman–Crippen MR) is 186 cm³/mol. The molecule has 0 saturated carbocycles. The Hall–Kier alpha value is -3.80. The van der Waals surface area contributed by atoms with E-state index in [4.69, 9.17) is 55.9 Å². The van der Waals surface area contributed by atoms with Crippen molar-refractivity contribution in [2.45, 2.75) is 37.9 Å². The Morgan fingerprint density at radius 2 is 1.25 bits per heavy atom. The summed E-state index contributed by atoms with van der Waals surface area (Å²) in [4.78, 5) is 72.7. The van der Waals surface area contributed by atoms with Gasteiger partial charge in [-0.15, -0.1) is 0 Å². The first-order chi connectivity index (χ1) is 24.6. The molecule has 0 spiro atoms. The highest BCUT2D eigenvalue weighted by Crippen LogP contribution is 2.45. The Balaban J connectivity index is 0.000000275. The van der Waals surface area contributed by atoms with Crippen LogP contribution in [0.3, 0.4) is 0 Å². The van der Waals surface area contributed by atoms with Gasteiger partial charge in [0.1, 0.15) is 44.9 Å². The van der Waals surface area contributed by atoms with E-state index in [2.05, 4.69) is 29.9 Å². The molecule has 298 valence electrons. The third kappa shape index (κ3) is 18.2. The molecule has 0 aliphatic carbocycles. The van der Waals surface area contributed by atoms with Crippen molar-refractivity contribution in [2.75, 3.05) is 76.1 Å². The average molecular weight is 817 g/mol. The monoisotopic (exact) mass is 816 g/mol. The second-order valence-corrected chi connectivity index (χ2v) is 19.2. The number of nitrogens with two attached hydrogens (primary N) is 3. The number of aliphatic hydroxyl groups excluding tert-OH is 2. The van der Waals surface area contributed by atoms with Gasteiger partial charge in [-0.1, -0.05) is 0 Å². The molecule has 10 N–H and O–H groups in total. The SMILES string of the molecule is CP(C)(=O)CO[C@H](CO)Cn1cnc(N)nc1=O.CP1(=O)CO[C@@H](Cn2cnc(N)nc2=O)CO1.Nc1ncn(C[C@@H](CO)OCP(=O)(O)O)c(=O)n1. The first kappa shape index (κ1) is 45.4. The number of nitrogen functional groups attached to an aromatic ring is 3. The lowest BCUT2D eigenvalue weighted by Gasteiger charge is -2.27. The minimum absolute atomic E-state index is 0.0445. The summed E-state index contributed by atoms with van der Waals surface area (Å²) < 4.78 is 57.6. The van der Waals surface area contributed by atoms with Crippen LogP contribution in [0.1, 0.15) is 0 Å². The number of aromatic nitrogens is 9. The molecule has 4 atom stereocenters. The van der Waals surface area contributed by atoms with Crippen LogP contribution in [0.5, 0.6) is 0 Å². The molecule has 1 aliphatic rings. The number of aliphatic hydroxyl groups is 2. The Bertz CT molecular complexity index is 1850. The quantitative estimate of drug-likeness (QED) is 0.0773. The Labute approximate surface area is 300 Å². The number of nitrogens with zero attached hydrogens (tertiary/aromatic N) is 9. The van der Waals surface area contributed by atoms with Crippen LogP contribution in [0.4, 0.5) is 17.8 Å². The minimum Gasteiger partial charge on any atom is -0.394 e. The molecule has 29 heteroatoms. The van der Waals surface area contributed by atoms with Gasteiger partial charge >= 0.3 is 24.7 Å². The summed E-state index contributed by atoms with van der Waals surface area (Å²) >= 11 is 0. The highest BCUT2D eigenvalue weighted by atomic mass is 31.2. The maximum absolute atomic E-state index is 11.5. The van der Waals surface area contributed by atoms with Gasteiger partial charge in [-0.3, -0.25) is 22.8 Å². The van der Waals surface area contributed by atoms with Gasteiger partial charge in [0.25, 0.3) is 0 Å². The molecule has 26 nitrogen and oxygen atoms in total. The largest absolute Gasteiger partial charge is 0.394 e. The van der Waals surface area contributed by atoms with E-state index in [1.54, 1.807) is 13.3 Å². The number of hydrogen-bond donors (Lipinski definition) is 7. The molecule has 4 rings (SSSR count). The molecule has 0 radical (unpaired) electrons. The van der Waals surface area contributed by atoms with Crippen LogP contribution in [0.15, 0.2) is 33.4 Å². The van der Waals surface area contributed by atoms with Crippen molar-refractivity contribution in [3.8, 4) is 0 Å². The van der Waals surface area contributed by atoms with Crippen molar-refractivity contribution in [3.05, 3.63) is 50.4 Å². The molecule has 4 heterocycles. The van der Waals surface area contributed by atoms with Crippen molar-refractivity contribution in [2.24, 2.45) is 0 Å². The van der Waals surface area contributed by atoms with Gasteiger partial charge in [-0.25, -0.2) is 29.3 Å². The van der Waals surface area contributed by atoms with E-state index in [9.17, 15) is 28.1 Å². The smallest absolute Gasteiger partial charge is 0.352 e. The van der Waals surface area contributed by atoms with E-state index >= 15 is 0 Å². The van der Waals surface area contributed by atoms with Crippen LogP contribution in [0.25, 0.3) is 0 Å². The molecule has 3 aromatic rings. The molecule has 0 aromatic carbocycles. The molecule has 0 bridgehead atoms. The zero-order valence-electron chi connectivity index (χ0n) is 28.8.